The summed E-state index contributed by atoms with van der Waals surface area (Å²) in [6.07, 6.45) is 7.16. The predicted molar refractivity (Wildman–Crippen MR) is 205 cm³/mol. The van der Waals surface area contributed by atoms with Crippen LogP contribution in [0.3, 0.4) is 0 Å². The number of anilines is 2. The van der Waals surface area contributed by atoms with E-state index in [0.717, 1.165) is 30.4 Å². The van der Waals surface area contributed by atoms with Crippen LogP contribution in [0, 0.1) is 11.3 Å². The van der Waals surface area contributed by atoms with Crippen molar-refractivity contribution in [3.05, 3.63) is 83.1 Å². The highest BCUT2D eigenvalue weighted by atomic mass is 16.5. The third-order valence-electron chi connectivity index (χ3n) is 9.70. The number of methoxy groups -OCH3 is 1. The van der Waals surface area contributed by atoms with Gasteiger partial charge in [-0.2, -0.15) is 0 Å². The molecule has 6 rings (SSSR count). The molecule has 0 spiro atoms. The molecule has 1 saturated carbocycles. The van der Waals surface area contributed by atoms with Gasteiger partial charge in [0.1, 0.15) is 12.2 Å². The number of ether oxygens (including phenoxy) is 2. The van der Waals surface area contributed by atoms with E-state index < -0.39 is 0 Å². The average Bonchev–Trinajstić information content (AvgIpc) is 3.88. The smallest absolute Gasteiger partial charge is 0.257 e. The fourth-order valence-electron chi connectivity index (χ4n) is 6.60. The molecule has 3 heterocycles. The van der Waals surface area contributed by atoms with Gasteiger partial charge in [0, 0.05) is 55.7 Å². The lowest BCUT2D eigenvalue weighted by Gasteiger charge is -2.29. The Morgan fingerprint density at radius 1 is 1.10 bits per heavy atom. The van der Waals surface area contributed by atoms with Gasteiger partial charge in [0.15, 0.2) is 5.75 Å². The molecule has 1 aromatic heterocycles. The summed E-state index contributed by atoms with van der Waals surface area (Å²) in [5, 5.41) is 8.95. The van der Waals surface area contributed by atoms with Gasteiger partial charge in [-0.25, -0.2) is 9.98 Å². The van der Waals surface area contributed by atoms with E-state index in [2.05, 4.69) is 25.9 Å². The van der Waals surface area contributed by atoms with E-state index >= 15 is 0 Å². The van der Waals surface area contributed by atoms with E-state index in [1.54, 1.807) is 36.2 Å². The van der Waals surface area contributed by atoms with Crippen molar-refractivity contribution < 1.29 is 19.1 Å². The summed E-state index contributed by atoms with van der Waals surface area (Å²) < 4.78 is 11.3. The number of amides is 2. The summed E-state index contributed by atoms with van der Waals surface area (Å²) in [5.74, 6) is 1.08. The van der Waals surface area contributed by atoms with Gasteiger partial charge >= 0.3 is 0 Å². The van der Waals surface area contributed by atoms with Crippen molar-refractivity contribution in [1.82, 2.24) is 14.8 Å². The summed E-state index contributed by atoms with van der Waals surface area (Å²) >= 11 is 0. The van der Waals surface area contributed by atoms with Crippen LogP contribution in [-0.4, -0.2) is 104 Å². The molecule has 1 atom stereocenters. The number of nitrogen functional groups attached to an aromatic ring is 1. The van der Waals surface area contributed by atoms with Gasteiger partial charge in [-0.05, 0) is 80.6 Å². The Bertz CT molecular complexity index is 1900. The minimum Gasteiger partial charge on any atom is -0.485 e. The van der Waals surface area contributed by atoms with Crippen molar-refractivity contribution in [2.75, 3.05) is 64.1 Å². The SMILES string of the molecule is CCN(C(=O)[C@@H]1CCN(CC(=O)N2CC=C(c3ccc(C(N)=NC=NC)cc3)CC2)C1)c1ccc(N)c(C(=N)c2ccc(OC3CC3)c(OC)n2)c1. The summed E-state index contributed by atoms with van der Waals surface area (Å²) in [7, 11) is 3.17. The molecule has 3 aliphatic rings. The summed E-state index contributed by atoms with van der Waals surface area (Å²) in [5.41, 5.74) is 17.5. The molecule has 3 aromatic rings. The maximum Gasteiger partial charge on any atom is 0.257 e. The topological polar surface area (TPSA) is 176 Å². The number of hydrogen-bond acceptors (Lipinski definition) is 9. The number of aliphatic imine (C=N–C) groups is 2. The Morgan fingerprint density at radius 2 is 1.88 bits per heavy atom. The van der Waals surface area contributed by atoms with Crippen LogP contribution in [0.5, 0.6) is 11.6 Å². The van der Waals surface area contributed by atoms with E-state index in [1.807, 2.05) is 42.2 Å². The fourth-order valence-corrected chi connectivity index (χ4v) is 6.60. The van der Waals surface area contributed by atoms with Crippen LogP contribution < -0.4 is 25.8 Å². The molecule has 2 aromatic carbocycles. The van der Waals surface area contributed by atoms with Crippen molar-refractivity contribution in [3.63, 3.8) is 0 Å². The molecule has 2 amide bonds. The van der Waals surface area contributed by atoms with Gasteiger partial charge in [-0.1, -0.05) is 30.3 Å². The van der Waals surface area contributed by atoms with Crippen LogP contribution in [0.15, 0.2) is 70.7 Å². The van der Waals surface area contributed by atoms with Crippen LogP contribution in [0.4, 0.5) is 11.4 Å². The number of nitrogens with two attached hydrogens (primary N) is 2. The van der Waals surface area contributed by atoms with Crippen molar-refractivity contribution >= 4 is 46.6 Å². The van der Waals surface area contributed by atoms with E-state index in [9.17, 15) is 9.59 Å². The molecule has 52 heavy (non-hydrogen) atoms. The number of nitrogens with one attached hydrogen (secondary N) is 1. The first-order valence-corrected chi connectivity index (χ1v) is 17.7. The molecule has 0 bridgehead atoms. The predicted octanol–water partition coefficient (Wildman–Crippen LogP) is 3.98. The van der Waals surface area contributed by atoms with Crippen molar-refractivity contribution in [2.45, 2.75) is 38.7 Å². The van der Waals surface area contributed by atoms with E-state index in [4.69, 9.17) is 26.4 Å². The van der Waals surface area contributed by atoms with E-state index in [-0.39, 0.29) is 36.1 Å². The second-order valence-corrected chi connectivity index (χ2v) is 13.3. The standard InChI is InChI=1S/C39H47N9O4/c1-4-48(29-9-12-32(40)31(21-29)36(41)33-13-14-34(38(45-33)51-3)52-30-10-11-30)39(50)28-15-18-46(22-28)23-35(49)47-19-16-26(17-20-47)25-5-7-27(8-6-25)37(42)44-24-43-2/h5-9,12-14,16,21,24,28,30,41H,4,10-11,15,17-20,22-23,40H2,1-3H3,(H2,42,43,44)/t28-/m1/s1. The number of aromatic nitrogens is 1. The zero-order valence-electron chi connectivity index (χ0n) is 30.0. The Balaban J connectivity index is 1.05. The third kappa shape index (κ3) is 8.31. The molecule has 13 nitrogen and oxygen atoms in total. The molecule has 0 unspecified atom stereocenters. The van der Waals surface area contributed by atoms with E-state index in [1.165, 1.54) is 19.0 Å². The number of carbonyl (C=O) groups excluding carboxylic acids is 2. The van der Waals surface area contributed by atoms with Crippen molar-refractivity contribution in [3.8, 4) is 11.6 Å². The number of nitrogens with zero attached hydrogens (tertiary/aromatic N) is 6. The maximum atomic E-state index is 13.9. The second-order valence-electron chi connectivity index (χ2n) is 13.3. The van der Waals surface area contributed by atoms with E-state index in [0.29, 0.717) is 79.2 Å². The lowest BCUT2D eigenvalue weighted by Crippen LogP contribution is -2.42. The zero-order valence-corrected chi connectivity index (χ0v) is 30.0. The van der Waals surface area contributed by atoms with Gasteiger partial charge in [-0.3, -0.25) is 24.9 Å². The Hall–Kier alpha value is -5.56. The first-order valence-electron chi connectivity index (χ1n) is 17.7. The number of rotatable bonds is 13. The lowest BCUT2D eigenvalue weighted by molar-refractivity contribution is -0.132. The number of benzene rings is 2. The summed E-state index contributed by atoms with van der Waals surface area (Å²) in [4.78, 5) is 45.4. The molecule has 2 aliphatic heterocycles. The van der Waals surface area contributed by atoms with Crippen LogP contribution in [0.1, 0.15) is 55.0 Å². The molecule has 2 fully saturated rings. The minimum absolute atomic E-state index is 0.0100. The highest BCUT2D eigenvalue weighted by Crippen LogP contribution is 2.33. The minimum atomic E-state index is -0.248. The number of likely N-dealkylation sites (tertiary alicyclic amines) is 1. The zero-order chi connectivity index (χ0) is 36.8. The first-order chi connectivity index (χ1) is 25.2. The fraction of sp³-hybridized carbons (Fsp3) is 0.385. The molecule has 1 aliphatic carbocycles. The van der Waals surface area contributed by atoms with Crippen molar-refractivity contribution in [2.24, 2.45) is 21.6 Å². The Labute approximate surface area is 304 Å². The lowest BCUT2D eigenvalue weighted by atomic mass is 9.98. The van der Waals surface area contributed by atoms with Crippen LogP contribution in [-0.2, 0) is 9.59 Å². The maximum absolute atomic E-state index is 13.9. The van der Waals surface area contributed by atoms with Crippen LogP contribution in [0.2, 0.25) is 0 Å². The number of hydrogen-bond donors (Lipinski definition) is 3. The Morgan fingerprint density at radius 3 is 2.56 bits per heavy atom. The average molecular weight is 706 g/mol. The number of carbonyl (C=O) groups is 2. The molecule has 0 radical (unpaired) electrons. The summed E-state index contributed by atoms with van der Waals surface area (Å²) in [6.45, 7) is 5.01. The first kappa shape index (κ1) is 36.2. The normalized spacial score (nSPS) is 18.0. The molecule has 272 valence electrons. The molecule has 5 N–H and O–H groups in total. The monoisotopic (exact) mass is 705 g/mol. The van der Waals surface area contributed by atoms with Gasteiger partial charge in [0.25, 0.3) is 5.88 Å². The number of amidine groups is 1. The second kappa shape index (κ2) is 16.2. The van der Waals surface area contributed by atoms with Gasteiger partial charge in [0.05, 0.1) is 37.1 Å². The van der Waals surface area contributed by atoms with Gasteiger partial charge < -0.3 is 30.7 Å². The van der Waals surface area contributed by atoms with Crippen LogP contribution >= 0.6 is 0 Å². The summed E-state index contributed by atoms with van der Waals surface area (Å²) in [6, 6.07) is 16.7. The number of pyridine rings is 1. The quantitative estimate of drug-likeness (QED) is 0.136. The molecular formula is C39H47N9O4. The third-order valence-corrected chi connectivity index (χ3v) is 9.70. The Kier molecular flexibility index (Phi) is 11.3. The highest BCUT2D eigenvalue weighted by Gasteiger charge is 2.34. The molecule has 1 saturated heterocycles. The largest absolute Gasteiger partial charge is 0.485 e. The highest BCUT2D eigenvalue weighted by molar-refractivity contribution is 6.13. The van der Waals surface area contributed by atoms with Crippen molar-refractivity contribution in [1.29, 1.82) is 5.41 Å². The van der Waals surface area contributed by atoms with Crippen LogP contribution in [0.25, 0.3) is 5.57 Å². The van der Waals surface area contributed by atoms with Gasteiger partial charge in [-0.15, -0.1) is 0 Å². The molecular weight excluding hydrogens is 658 g/mol. The van der Waals surface area contributed by atoms with Gasteiger partial charge in [0.2, 0.25) is 11.8 Å². The molecule has 13 heteroatoms.